The second-order valence-electron chi connectivity index (χ2n) is 9.27. The summed E-state index contributed by atoms with van der Waals surface area (Å²) in [6.45, 7) is 3.34. The topological polar surface area (TPSA) is 66.0 Å². The fourth-order valence-corrected chi connectivity index (χ4v) is 4.14. The third kappa shape index (κ3) is 8.14. The highest BCUT2D eigenvalue weighted by Crippen LogP contribution is 2.32. The van der Waals surface area contributed by atoms with Gasteiger partial charge in [0.2, 0.25) is 5.91 Å². The third-order valence-corrected chi connectivity index (χ3v) is 6.38. The van der Waals surface area contributed by atoms with Crippen LogP contribution in [0.4, 0.5) is 0 Å². The monoisotopic (exact) mass is 537 g/mol. The van der Waals surface area contributed by atoms with E-state index in [0.29, 0.717) is 49.2 Å². The Labute approximate surface area is 236 Å². The van der Waals surface area contributed by atoms with Crippen LogP contribution in [0.15, 0.2) is 97.1 Å². The number of nitrogens with one attached hydrogen (secondary N) is 1. The standard InChI is InChI=1S/C34H35NO5/c1-25-20-31(38-3)33(40-24-28-12-8-5-9-13-28)22-29(25)15-17-34(36)35-19-18-26-14-16-30(37-2)32(21-26)39-23-27-10-6-4-7-11-27/h4-17,20-22H,18-19,23-24H2,1-3H3,(H,35,36)/b17-15+. The number of carbonyl (C=O) groups excluding carboxylic acids is 1. The van der Waals surface area contributed by atoms with Crippen LogP contribution in [0, 0.1) is 6.92 Å². The molecule has 1 N–H and O–H groups in total. The lowest BCUT2D eigenvalue weighted by Gasteiger charge is -2.13. The Morgan fingerprint density at radius 1 is 0.700 bits per heavy atom. The Kier molecular flexibility index (Phi) is 10.2. The van der Waals surface area contributed by atoms with Crippen molar-refractivity contribution in [2.75, 3.05) is 20.8 Å². The highest BCUT2D eigenvalue weighted by atomic mass is 16.5. The van der Waals surface area contributed by atoms with E-state index in [1.54, 1.807) is 20.3 Å². The van der Waals surface area contributed by atoms with Crippen LogP contribution >= 0.6 is 0 Å². The average molecular weight is 538 g/mol. The number of ether oxygens (including phenoxy) is 4. The van der Waals surface area contributed by atoms with E-state index in [4.69, 9.17) is 18.9 Å². The number of amides is 1. The van der Waals surface area contributed by atoms with Crippen LogP contribution in [0.3, 0.4) is 0 Å². The largest absolute Gasteiger partial charge is 0.493 e. The van der Waals surface area contributed by atoms with Gasteiger partial charge in [0, 0.05) is 12.6 Å². The van der Waals surface area contributed by atoms with Gasteiger partial charge in [-0.2, -0.15) is 0 Å². The molecule has 0 radical (unpaired) electrons. The van der Waals surface area contributed by atoms with Gasteiger partial charge in [-0.3, -0.25) is 4.79 Å². The third-order valence-electron chi connectivity index (χ3n) is 6.38. The molecule has 4 aromatic carbocycles. The van der Waals surface area contributed by atoms with E-state index in [-0.39, 0.29) is 5.91 Å². The second kappa shape index (κ2) is 14.4. The molecule has 4 aromatic rings. The summed E-state index contributed by atoms with van der Waals surface area (Å²) in [5.41, 5.74) is 5.05. The van der Waals surface area contributed by atoms with Crippen LogP contribution in [-0.2, 0) is 24.4 Å². The number of carbonyl (C=O) groups is 1. The summed E-state index contributed by atoms with van der Waals surface area (Å²) in [4.78, 5) is 12.6. The molecular weight excluding hydrogens is 502 g/mol. The fraction of sp³-hybridized carbons (Fsp3) is 0.206. The predicted octanol–water partition coefficient (Wildman–Crippen LogP) is 6.54. The molecule has 0 aliphatic heterocycles. The van der Waals surface area contributed by atoms with Gasteiger partial charge in [0.25, 0.3) is 0 Å². The van der Waals surface area contributed by atoms with Gasteiger partial charge in [0.15, 0.2) is 23.0 Å². The maximum Gasteiger partial charge on any atom is 0.244 e. The van der Waals surface area contributed by atoms with Gasteiger partial charge in [-0.15, -0.1) is 0 Å². The molecule has 40 heavy (non-hydrogen) atoms. The number of aryl methyl sites for hydroxylation is 1. The summed E-state index contributed by atoms with van der Waals surface area (Å²) in [7, 11) is 3.24. The summed E-state index contributed by atoms with van der Waals surface area (Å²) in [6, 6.07) is 29.6. The van der Waals surface area contributed by atoms with Gasteiger partial charge >= 0.3 is 0 Å². The van der Waals surface area contributed by atoms with Gasteiger partial charge in [-0.1, -0.05) is 66.7 Å². The smallest absolute Gasteiger partial charge is 0.244 e. The summed E-state index contributed by atoms with van der Waals surface area (Å²) < 4.78 is 23.0. The molecule has 6 nitrogen and oxygen atoms in total. The van der Waals surface area contributed by atoms with E-state index in [0.717, 1.165) is 27.8 Å². The van der Waals surface area contributed by atoms with Crippen molar-refractivity contribution in [1.29, 1.82) is 0 Å². The summed E-state index contributed by atoms with van der Waals surface area (Å²) in [5.74, 6) is 2.46. The van der Waals surface area contributed by atoms with E-state index in [2.05, 4.69) is 5.32 Å². The van der Waals surface area contributed by atoms with Crippen LogP contribution < -0.4 is 24.3 Å². The molecule has 0 unspecified atom stereocenters. The zero-order chi connectivity index (χ0) is 28.2. The number of rotatable bonds is 13. The van der Waals surface area contributed by atoms with Crippen molar-refractivity contribution < 1.29 is 23.7 Å². The lowest BCUT2D eigenvalue weighted by Crippen LogP contribution is -2.23. The normalized spacial score (nSPS) is 10.8. The van der Waals surface area contributed by atoms with Gasteiger partial charge < -0.3 is 24.3 Å². The Morgan fingerprint density at radius 3 is 1.90 bits per heavy atom. The van der Waals surface area contributed by atoms with Crippen LogP contribution in [0.5, 0.6) is 23.0 Å². The number of benzene rings is 4. The minimum absolute atomic E-state index is 0.170. The summed E-state index contributed by atoms with van der Waals surface area (Å²) in [5, 5.41) is 2.96. The van der Waals surface area contributed by atoms with E-state index in [9.17, 15) is 4.79 Å². The molecule has 0 bridgehead atoms. The maximum atomic E-state index is 12.6. The maximum absolute atomic E-state index is 12.6. The van der Waals surface area contributed by atoms with Crippen LogP contribution in [-0.4, -0.2) is 26.7 Å². The van der Waals surface area contributed by atoms with Crippen molar-refractivity contribution in [3.8, 4) is 23.0 Å². The van der Waals surface area contributed by atoms with Crippen molar-refractivity contribution in [3.63, 3.8) is 0 Å². The molecule has 1 amide bonds. The van der Waals surface area contributed by atoms with Crippen LogP contribution in [0.25, 0.3) is 6.08 Å². The molecular formula is C34H35NO5. The first-order chi connectivity index (χ1) is 19.6. The van der Waals surface area contributed by atoms with Gasteiger partial charge in [-0.05, 0) is 71.5 Å². The Morgan fingerprint density at radius 2 is 1.30 bits per heavy atom. The molecule has 4 rings (SSSR count). The Balaban J connectivity index is 1.32. The molecule has 0 saturated carbocycles. The quantitative estimate of drug-likeness (QED) is 0.196. The zero-order valence-electron chi connectivity index (χ0n) is 23.2. The van der Waals surface area contributed by atoms with E-state index in [1.807, 2.05) is 97.9 Å². The van der Waals surface area contributed by atoms with Crippen molar-refractivity contribution in [2.24, 2.45) is 0 Å². The second-order valence-corrected chi connectivity index (χ2v) is 9.27. The van der Waals surface area contributed by atoms with Crippen LogP contribution in [0.1, 0.15) is 27.8 Å². The predicted molar refractivity (Wildman–Crippen MR) is 158 cm³/mol. The molecule has 0 aromatic heterocycles. The molecule has 0 heterocycles. The SMILES string of the molecule is COc1ccc(CCNC(=O)/C=C/c2cc(OCc3ccccc3)c(OC)cc2C)cc1OCc1ccccc1. The van der Waals surface area contributed by atoms with Crippen LogP contribution in [0.2, 0.25) is 0 Å². The molecule has 6 heteroatoms. The lowest BCUT2D eigenvalue weighted by atomic mass is 10.1. The minimum Gasteiger partial charge on any atom is -0.493 e. The highest BCUT2D eigenvalue weighted by molar-refractivity contribution is 5.92. The summed E-state index contributed by atoms with van der Waals surface area (Å²) >= 11 is 0. The average Bonchev–Trinajstić information content (AvgIpc) is 2.99. The molecule has 0 aliphatic rings. The summed E-state index contributed by atoms with van der Waals surface area (Å²) in [6.07, 6.45) is 3.99. The van der Waals surface area contributed by atoms with E-state index < -0.39 is 0 Å². The Hall–Kier alpha value is -4.71. The van der Waals surface area contributed by atoms with Crippen molar-refractivity contribution in [3.05, 3.63) is 125 Å². The first-order valence-corrected chi connectivity index (χ1v) is 13.2. The minimum atomic E-state index is -0.170. The molecule has 0 fully saturated rings. The van der Waals surface area contributed by atoms with E-state index in [1.165, 1.54) is 6.08 Å². The molecule has 0 aliphatic carbocycles. The molecule has 0 atom stereocenters. The van der Waals surface area contributed by atoms with Gasteiger partial charge in [0.1, 0.15) is 13.2 Å². The molecule has 0 saturated heterocycles. The van der Waals surface area contributed by atoms with Gasteiger partial charge in [0.05, 0.1) is 14.2 Å². The molecule has 0 spiro atoms. The number of hydrogen-bond acceptors (Lipinski definition) is 5. The zero-order valence-corrected chi connectivity index (χ0v) is 23.2. The van der Waals surface area contributed by atoms with Crippen molar-refractivity contribution in [2.45, 2.75) is 26.6 Å². The first-order valence-electron chi connectivity index (χ1n) is 13.2. The Bertz CT molecular complexity index is 1420. The number of hydrogen-bond donors (Lipinski definition) is 1. The van der Waals surface area contributed by atoms with Gasteiger partial charge in [-0.25, -0.2) is 0 Å². The lowest BCUT2D eigenvalue weighted by molar-refractivity contribution is -0.116. The molecule has 206 valence electrons. The first kappa shape index (κ1) is 28.3. The van der Waals surface area contributed by atoms with Crippen molar-refractivity contribution >= 4 is 12.0 Å². The van der Waals surface area contributed by atoms with Crippen molar-refractivity contribution in [1.82, 2.24) is 5.32 Å². The number of methoxy groups -OCH3 is 2. The fourth-order valence-electron chi connectivity index (χ4n) is 4.14. The highest BCUT2D eigenvalue weighted by Gasteiger charge is 2.10. The van der Waals surface area contributed by atoms with E-state index >= 15 is 0 Å².